The van der Waals surface area contributed by atoms with Gasteiger partial charge >= 0.3 is 5.97 Å². The van der Waals surface area contributed by atoms with Crippen LogP contribution in [0.25, 0.3) is 0 Å². The van der Waals surface area contributed by atoms with Crippen LogP contribution in [-0.4, -0.2) is 15.9 Å². The fourth-order valence-corrected chi connectivity index (χ4v) is 0. The van der Waals surface area contributed by atoms with Gasteiger partial charge in [0.1, 0.15) is 4.83 Å². The van der Waals surface area contributed by atoms with E-state index in [1.165, 1.54) is 0 Å². The minimum atomic E-state index is -0.824. The second kappa shape index (κ2) is 4.12. The van der Waals surface area contributed by atoms with Crippen LogP contribution in [0.3, 0.4) is 0 Å². The van der Waals surface area contributed by atoms with Gasteiger partial charge in [-0.3, -0.25) is 4.79 Å². The van der Waals surface area contributed by atoms with Crippen LogP contribution in [0.15, 0.2) is 0 Å². The highest BCUT2D eigenvalue weighted by Gasteiger charge is 2.01. The van der Waals surface area contributed by atoms with Gasteiger partial charge in [0.05, 0.1) is 0 Å². The number of aliphatic carboxylic acids is 1. The van der Waals surface area contributed by atoms with E-state index in [-0.39, 0.29) is 7.43 Å². The zero-order valence-electron chi connectivity index (χ0n) is 3.31. The van der Waals surface area contributed by atoms with Crippen molar-refractivity contribution >= 4 is 21.9 Å². The van der Waals surface area contributed by atoms with Crippen LogP contribution in [0, 0.1) is 0 Å². The molecule has 2 nitrogen and oxygen atoms in total. The summed E-state index contributed by atoms with van der Waals surface area (Å²) in [7, 11) is 0. The van der Waals surface area contributed by atoms with Crippen LogP contribution in [-0.2, 0) is 4.79 Å². The summed E-state index contributed by atoms with van der Waals surface area (Å²) < 4.78 is 0. The van der Waals surface area contributed by atoms with E-state index in [4.69, 9.17) is 5.11 Å². The van der Waals surface area contributed by atoms with E-state index in [2.05, 4.69) is 15.9 Å². The quantitative estimate of drug-likeness (QED) is 0.603. The van der Waals surface area contributed by atoms with Gasteiger partial charge in [0.15, 0.2) is 0 Å². The van der Waals surface area contributed by atoms with Gasteiger partial charge < -0.3 is 5.11 Å². The monoisotopic (exact) mass is 168 g/mol. The molecule has 0 heterocycles. The van der Waals surface area contributed by atoms with E-state index in [1.807, 2.05) is 0 Å². The maximum Gasteiger partial charge on any atom is 0.316 e. The summed E-state index contributed by atoms with van der Waals surface area (Å²) in [5, 5.41) is 7.94. The summed E-state index contributed by atoms with van der Waals surface area (Å²) in [5.41, 5.74) is 0. The molecule has 0 aliphatic carbocycles. The predicted molar refractivity (Wildman–Crippen MR) is 32.8 cm³/mol. The van der Waals surface area contributed by atoms with E-state index in [0.29, 0.717) is 0 Å². The van der Waals surface area contributed by atoms with Crippen molar-refractivity contribution in [2.45, 2.75) is 19.2 Å². The van der Waals surface area contributed by atoms with E-state index in [0.717, 1.165) is 0 Å². The molecule has 0 fully saturated rings. The molecule has 0 aromatic rings. The SMILES string of the molecule is C.CC(Br)C(=O)O. The van der Waals surface area contributed by atoms with Crippen molar-refractivity contribution in [1.82, 2.24) is 0 Å². The number of carboxylic acids is 1. The highest BCUT2D eigenvalue weighted by Crippen LogP contribution is 1.93. The first-order valence-corrected chi connectivity index (χ1v) is 2.43. The number of rotatable bonds is 1. The molecule has 3 heteroatoms. The van der Waals surface area contributed by atoms with Gasteiger partial charge in [-0.1, -0.05) is 23.4 Å². The van der Waals surface area contributed by atoms with Crippen LogP contribution in [0.5, 0.6) is 0 Å². The Kier molecular flexibility index (Phi) is 5.91. The molecule has 0 radical (unpaired) electrons. The molecule has 1 N–H and O–H groups in total. The second-order valence-electron chi connectivity index (χ2n) is 0.954. The third-order valence-electron chi connectivity index (χ3n) is 0.340. The molecule has 0 rings (SSSR count). The minimum Gasteiger partial charge on any atom is -0.480 e. The fraction of sp³-hybridized carbons (Fsp3) is 0.750. The highest BCUT2D eigenvalue weighted by molar-refractivity contribution is 9.10. The van der Waals surface area contributed by atoms with Crippen molar-refractivity contribution in [2.24, 2.45) is 0 Å². The Labute approximate surface area is 51.7 Å². The lowest BCUT2D eigenvalue weighted by Crippen LogP contribution is -2.06. The first-order valence-electron chi connectivity index (χ1n) is 1.51. The molecule has 0 spiro atoms. The van der Waals surface area contributed by atoms with Crippen molar-refractivity contribution in [2.75, 3.05) is 0 Å². The fourth-order valence-electron chi connectivity index (χ4n) is 0. The molecule has 0 aliphatic heterocycles. The lowest BCUT2D eigenvalue weighted by atomic mass is 10.5. The summed E-state index contributed by atoms with van der Waals surface area (Å²) in [6.45, 7) is 1.56. The maximum atomic E-state index is 9.65. The first kappa shape index (κ1) is 10.0. The number of carboxylic acid groups (broad SMARTS) is 1. The molecule has 0 bridgehead atoms. The lowest BCUT2D eigenvalue weighted by Gasteiger charge is -1.87. The first-order chi connectivity index (χ1) is 2.64. The van der Waals surface area contributed by atoms with Gasteiger partial charge in [-0.15, -0.1) is 0 Å². The highest BCUT2D eigenvalue weighted by atomic mass is 79.9. The molecule has 0 aromatic carbocycles. The normalized spacial score (nSPS) is 11.7. The summed E-state index contributed by atoms with van der Waals surface area (Å²) in [6.07, 6.45) is 0. The van der Waals surface area contributed by atoms with Crippen molar-refractivity contribution in [3.05, 3.63) is 0 Å². The number of alkyl halides is 1. The third kappa shape index (κ3) is 5.95. The Bertz CT molecular complexity index is 60.7. The van der Waals surface area contributed by atoms with E-state index in [9.17, 15) is 4.79 Å². The molecule has 1 unspecified atom stereocenters. The molecule has 44 valence electrons. The smallest absolute Gasteiger partial charge is 0.316 e. The van der Waals surface area contributed by atoms with Gasteiger partial charge in [0.25, 0.3) is 0 Å². The predicted octanol–water partition coefficient (Wildman–Crippen LogP) is 1.49. The lowest BCUT2D eigenvalue weighted by molar-refractivity contribution is -0.135. The van der Waals surface area contributed by atoms with E-state index in [1.54, 1.807) is 6.92 Å². The Morgan fingerprint density at radius 1 is 1.86 bits per heavy atom. The van der Waals surface area contributed by atoms with E-state index >= 15 is 0 Å². The van der Waals surface area contributed by atoms with Crippen LogP contribution < -0.4 is 0 Å². The maximum absolute atomic E-state index is 9.65. The minimum absolute atomic E-state index is 0. The van der Waals surface area contributed by atoms with Gasteiger partial charge in [-0.25, -0.2) is 0 Å². The van der Waals surface area contributed by atoms with Crippen molar-refractivity contribution in [3.8, 4) is 0 Å². The number of hydrogen-bond donors (Lipinski definition) is 1. The van der Waals surface area contributed by atoms with E-state index < -0.39 is 10.8 Å². The van der Waals surface area contributed by atoms with Crippen LogP contribution in [0.4, 0.5) is 0 Å². The van der Waals surface area contributed by atoms with Gasteiger partial charge in [-0.05, 0) is 6.92 Å². The van der Waals surface area contributed by atoms with Crippen LogP contribution >= 0.6 is 15.9 Å². The summed E-state index contributed by atoms with van der Waals surface area (Å²) >= 11 is 2.84. The van der Waals surface area contributed by atoms with Gasteiger partial charge in [-0.2, -0.15) is 0 Å². The Balaban J connectivity index is 0. The third-order valence-corrected chi connectivity index (χ3v) is 0.732. The molecule has 0 saturated heterocycles. The molecule has 0 saturated carbocycles. The molecular formula is C4H9BrO2. The van der Waals surface area contributed by atoms with Crippen molar-refractivity contribution < 1.29 is 9.90 Å². The van der Waals surface area contributed by atoms with Crippen LogP contribution in [0.2, 0.25) is 0 Å². The molecule has 0 aliphatic rings. The Hall–Kier alpha value is -0.0500. The van der Waals surface area contributed by atoms with Crippen LogP contribution in [0.1, 0.15) is 14.4 Å². The topological polar surface area (TPSA) is 37.3 Å². The standard InChI is InChI=1S/C3H5BrO2.CH4/c1-2(4)3(5)6;/h2H,1H3,(H,5,6);1H4. The Morgan fingerprint density at radius 3 is 2.00 bits per heavy atom. The summed E-state index contributed by atoms with van der Waals surface area (Å²) in [5.74, 6) is -0.824. The number of halogens is 1. The molecule has 1 atom stereocenters. The summed E-state index contributed by atoms with van der Waals surface area (Å²) in [6, 6.07) is 0. The zero-order valence-corrected chi connectivity index (χ0v) is 4.90. The largest absolute Gasteiger partial charge is 0.480 e. The molecule has 0 amide bonds. The van der Waals surface area contributed by atoms with Crippen molar-refractivity contribution in [3.63, 3.8) is 0 Å². The van der Waals surface area contributed by atoms with Crippen molar-refractivity contribution in [1.29, 1.82) is 0 Å². The zero-order chi connectivity index (χ0) is 5.15. The van der Waals surface area contributed by atoms with Gasteiger partial charge in [0.2, 0.25) is 0 Å². The second-order valence-corrected chi connectivity index (χ2v) is 2.33. The average Bonchev–Trinajstić information content (AvgIpc) is 1.36. The molecule has 7 heavy (non-hydrogen) atoms. The number of carbonyl (C=O) groups is 1. The van der Waals surface area contributed by atoms with Gasteiger partial charge in [0, 0.05) is 0 Å². The molecular weight excluding hydrogens is 160 g/mol. The summed E-state index contributed by atoms with van der Waals surface area (Å²) in [4.78, 5) is 9.23. The molecule has 0 aromatic heterocycles. The number of hydrogen-bond acceptors (Lipinski definition) is 1. The Morgan fingerprint density at radius 2 is 2.00 bits per heavy atom. The average molecular weight is 169 g/mol.